The number of hydrogen-bond donors (Lipinski definition) is 2. The predicted octanol–water partition coefficient (Wildman–Crippen LogP) is 3.79. The van der Waals surface area contributed by atoms with Crippen LogP contribution in [0.15, 0.2) is 48.5 Å². The van der Waals surface area contributed by atoms with Crippen molar-refractivity contribution in [2.45, 2.75) is 19.9 Å². The first-order valence-corrected chi connectivity index (χ1v) is 14.3. The molecule has 1 aliphatic heterocycles. The highest BCUT2D eigenvalue weighted by atomic mass is 31.2. The van der Waals surface area contributed by atoms with E-state index in [0.717, 1.165) is 37.2 Å². The maximum Gasteiger partial charge on any atom is 0.232 e. The molecular weight excluding hydrogens is 445 g/mol. The highest BCUT2D eigenvalue weighted by Gasteiger charge is 2.14. The van der Waals surface area contributed by atoms with E-state index in [1.807, 2.05) is 31.2 Å². The molecule has 1 aromatic heterocycles. The van der Waals surface area contributed by atoms with Gasteiger partial charge in [-0.05, 0) is 62.3 Å². The van der Waals surface area contributed by atoms with Crippen LogP contribution in [-0.2, 0) is 17.5 Å². The Bertz CT molecular complexity index is 1140. The quantitative estimate of drug-likeness (QED) is 0.472. The molecule has 8 nitrogen and oxygen atoms in total. The second-order valence-electron chi connectivity index (χ2n) is 9.09. The monoisotopic (exact) mass is 479 g/mol. The summed E-state index contributed by atoms with van der Waals surface area (Å²) in [5.41, 5.74) is 3.28. The average molecular weight is 480 g/mol. The smallest absolute Gasteiger partial charge is 0.232 e. The summed E-state index contributed by atoms with van der Waals surface area (Å²) >= 11 is 0. The predicted molar refractivity (Wildman–Crippen MR) is 141 cm³/mol. The van der Waals surface area contributed by atoms with Crippen molar-refractivity contribution >= 4 is 35.7 Å². The van der Waals surface area contributed by atoms with Crippen molar-refractivity contribution in [1.29, 1.82) is 0 Å². The fourth-order valence-corrected chi connectivity index (χ4v) is 4.68. The number of likely N-dealkylation sites (N-methyl/N-ethyl adjacent to an activating group) is 1. The second-order valence-corrected chi connectivity index (χ2v) is 12.3. The van der Waals surface area contributed by atoms with E-state index in [1.165, 1.54) is 11.3 Å². The lowest BCUT2D eigenvalue weighted by molar-refractivity contribution is 0.313. The summed E-state index contributed by atoms with van der Waals surface area (Å²) in [7, 11) is -0.106. The van der Waals surface area contributed by atoms with Gasteiger partial charge in [-0.1, -0.05) is 19.1 Å². The molecule has 9 heteroatoms. The van der Waals surface area contributed by atoms with Gasteiger partial charge in [0.15, 0.2) is 0 Å². The van der Waals surface area contributed by atoms with E-state index < -0.39 is 7.14 Å². The van der Waals surface area contributed by atoms with Crippen molar-refractivity contribution in [2.24, 2.45) is 0 Å². The SMILES string of the molecule is CCc1nc(NCc2ccc(N3CCN(C)CC3)cc2)nc(Nc2ccc(P(C)(C)=O)cc2)n1. The topological polar surface area (TPSA) is 86.3 Å². The summed E-state index contributed by atoms with van der Waals surface area (Å²) in [6.07, 6.45) is 0.708. The molecule has 0 spiro atoms. The largest absolute Gasteiger partial charge is 0.369 e. The normalized spacial score (nSPS) is 14.8. The van der Waals surface area contributed by atoms with Crippen LogP contribution in [0.3, 0.4) is 0 Å². The maximum atomic E-state index is 12.2. The summed E-state index contributed by atoms with van der Waals surface area (Å²) < 4.78 is 12.2. The molecule has 0 atom stereocenters. The van der Waals surface area contributed by atoms with Crippen LogP contribution in [0.1, 0.15) is 18.3 Å². The first-order chi connectivity index (χ1) is 16.3. The number of aromatic nitrogens is 3. The molecule has 1 saturated heterocycles. The summed E-state index contributed by atoms with van der Waals surface area (Å²) in [6, 6.07) is 16.3. The molecule has 2 N–H and O–H groups in total. The number of rotatable bonds is 8. The lowest BCUT2D eigenvalue weighted by atomic mass is 10.2. The van der Waals surface area contributed by atoms with E-state index in [4.69, 9.17) is 0 Å². The Labute approximate surface area is 202 Å². The van der Waals surface area contributed by atoms with Gasteiger partial charge in [-0.15, -0.1) is 0 Å². The molecule has 3 aromatic rings. The number of benzene rings is 2. The Balaban J connectivity index is 1.40. The molecule has 0 aliphatic carbocycles. The number of nitrogens with zero attached hydrogens (tertiary/aromatic N) is 5. The minimum absolute atomic E-state index is 0.490. The lowest BCUT2D eigenvalue weighted by Crippen LogP contribution is -2.44. The number of hydrogen-bond acceptors (Lipinski definition) is 8. The zero-order valence-electron chi connectivity index (χ0n) is 20.5. The minimum atomic E-state index is -2.28. The number of piperazine rings is 1. The molecule has 0 bridgehead atoms. The van der Waals surface area contributed by atoms with Crippen LogP contribution in [0.25, 0.3) is 0 Å². The Morgan fingerprint density at radius 1 is 0.882 bits per heavy atom. The highest BCUT2D eigenvalue weighted by molar-refractivity contribution is 7.70. The molecule has 1 fully saturated rings. The first kappa shape index (κ1) is 24.2. The van der Waals surface area contributed by atoms with Gasteiger partial charge in [0.25, 0.3) is 0 Å². The number of anilines is 4. The van der Waals surface area contributed by atoms with Gasteiger partial charge in [0, 0.05) is 55.8 Å². The number of nitrogens with one attached hydrogen (secondary N) is 2. The Hall–Kier alpha value is -2.96. The van der Waals surface area contributed by atoms with E-state index in [-0.39, 0.29) is 0 Å². The zero-order chi connectivity index (χ0) is 24.1. The summed E-state index contributed by atoms with van der Waals surface area (Å²) in [6.45, 7) is 10.5. The van der Waals surface area contributed by atoms with E-state index in [1.54, 1.807) is 13.3 Å². The highest BCUT2D eigenvalue weighted by Crippen LogP contribution is 2.34. The average Bonchev–Trinajstić information content (AvgIpc) is 2.83. The molecule has 1 aliphatic rings. The van der Waals surface area contributed by atoms with Gasteiger partial charge in [-0.2, -0.15) is 15.0 Å². The van der Waals surface area contributed by atoms with Gasteiger partial charge in [-0.3, -0.25) is 0 Å². The van der Waals surface area contributed by atoms with Gasteiger partial charge in [-0.25, -0.2) is 0 Å². The van der Waals surface area contributed by atoms with Crippen LogP contribution in [0, 0.1) is 0 Å². The van der Waals surface area contributed by atoms with Crippen molar-refractivity contribution in [1.82, 2.24) is 19.9 Å². The third-order valence-corrected chi connectivity index (χ3v) is 7.54. The molecule has 0 radical (unpaired) electrons. The first-order valence-electron chi connectivity index (χ1n) is 11.7. The molecule has 0 unspecified atom stereocenters. The van der Waals surface area contributed by atoms with Crippen molar-refractivity contribution in [2.75, 3.05) is 62.1 Å². The molecular formula is C25H34N7OP. The Kier molecular flexibility index (Phi) is 7.49. The minimum Gasteiger partial charge on any atom is -0.369 e. The van der Waals surface area contributed by atoms with Crippen LogP contribution in [-0.4, -0.2) is 66.4 Å². The lowest BCUT2D eigenvalue weighted by Gasteiger charge is -2.34. The Morgan fingerprint density at radius 3 is 2.15 bits per heavy atom. The van der Waals surface area contributed by atoms with Gasteiger partial charge < -0.3 is 25.0 Å². The fourth-order valence-electron chi connectivity index (χ4n) is 3.82. The fraction of sp³-hybridized carbons (Fsp3) is 0.400. The molecule has 4 rings (SSSR count). The molecule has 0 saturated carbocycles. The standard InChI is InChI=1S/C25H34N7OP/c1-5-23-28-24(30-25(29-23)27-20-8-12-22(13-9-20)34(3,4)33)26-18-19-6-10-21(11-7-19)32-16-14-31(2)15-17-32/h6-13H,5,14-18H2,1-4H3,(H2,26,27,28,29,30). The van der Waals surface area contributed by atoms with Crippen LogP contribution in [0.2, 0.25) is 0 Å². The van der Waals surface area contributed by atoms with Crippen molar-refractivity contribution in [3.8, 4) is 0 Å². The Morgan fingerprint density at radius 2 is 1.53 bits per heavy atom. The summed E-state index contributed by atoms with van der Waals surface area (Å²) in [5, 5.41) is 7.43. The van der Waals surface area contributed by atoms with E-state index >= 15 is 0 Å². The van der Waals surface area contributed by atoms with Crippen LogP contribution in [0.5, 0.6) is 0 Å². The van der Waals surface area contributed by atoms with Gasteiger partial charge in [0.2, 0.25) is 11.9 Å². The van der Waals surface area contributed by atoms with E-state index in [9.17, 15) is 4.57 Å². The van der Waals surface area contributed by atoms with Crippen LogP contribution >= 0.6 is 7.14 Å². The van der Waals surface area contributed by atoms with Crippen molar-refractivity contribution in [3.63, 3.8) is 0 Å². The third-order valence-electron chi connectivity index (χ3n) is 6.00. The number of aryl methyl sites for hydroxylation is 1. The molecule has 2 heterocycles. The molecule has 34 heavy (non-hydrogen) atoms. The van der Waals surface area contributed by atoms with Crippen molar-refractivity contribution < 1.29 is 4.57 Å². The van der Waals surface area contributed by atoms with Gasteiger partial charge in [0.05, 0.1) is 0 Å². The molecule has 0 amide bonds. The molecule has 180 valence electrons. The van der Waals surface area contributed by atoms with Gasteiger partial charge >= 0.3 is 0 Å². The van der Waals surface area contributed by atoms with Crippen LogP contribution in [0.4, 0.5) is 23.3 Å². The summed E-state index contributed by atoms with van der Waals surface area (Å²) in [4.78, 5) is 18.4. The molecule has 2 aromatic carbocycles. The second kappa shape index (κ2) is 10.5. The third kappa shape index (κ3) is 6.33. The van der Waals surface area contributed by atoms with E-state index in [2.05, 4.69) is 66.7 Å². The van der Waals surface area contributed by atoms with Crippen molar-refractivity contribution in [3.05, 3.63) is 59.9 Å². The van der Waals surface area contributed by atoms with E-state index in [0.29, 0.717) is 30.7 Å². The maximum absolute atomic E-state index is 12.2. The summed E-state index contributed by atoms with van der Waals surface area (Å²) in [5.74, 6) is 1.75. The zero-order valence-corrected chi connectivity index (χ0v) is 21.3. The van der Waals surface area contributed by atoms with Gasteiger partial charge in [0.1, 0.15) is 13.0 Å². The van der Waals surface area contributed by atoms with Crippen LogP contribution < -0.4 is 20.8 Å².